The molecule has 128 valence electrons. The van der Waals surface area contributed by atoms with Crippen LogP contribution in [0.25, 0.3) is 0 Å². The van der Waals surface area contributed by atoms with Crippen LogP contribution < -0.4 is 0 Å². The van der Waals surface area contributed by atoms with Gasteiger partial charge in [0.1, 0.15) is 5.01 Å². The molecule has 0 saturated heterocycles. The zero-order valence-electron chi connectivity index (χ0n) is 14.7. The van der Waals surface area contributed by atoms with Gasteiger partial charge in [-0.3, -0.25) is 9.69 Å². The molecule has 1 atom stereocenters. The Morgan fingerprint density at radius 1 is 1.38 bits per heavy atom. The highest BCUT2D eigenvalue weighted by molar-refractivity contribution is 7.11. The first-order chi connectivity index (χ1) is 11.6. The molecule has 3 rings (SSSR count). The van der Waals surface area contributed by atoms with E-state index in [1.54, 1.807) is 11.3 Å². The van der Waals surface area contributed by atoms with Crippen molar-refractivity contribution < 1.29 is 4.79 Å². The average molecular weight is 343 g/mol. The van der Waals surface area contributed by atoms with Crippen LogP contribution in [0.5, 0.6) is 0 Å². The fourth-order valence-corrected chi connectivity index (χ4v) is 4.00. The predicted molar refractivity (Wildman–Crippen MR) is 98.0 cm³/mol. The lowest BCUT2D eigenvalue weighted by atomic mass is 9.99. The quantitative estimate of drug-likeness (QED) is 0.837. The fraction of sp³-hybridized carbons (Fsp3) is 0.474. The van der Waals surface area contributed by atoms with E-state index in [9.17, 15) is 4.79 Å². The third-order valence-electron chi connectivity index (χ3n) is 4.80. The van der Waals surface area contributed by atoms with Gasteiger partial charge in [0.15, 0.2) is 0 Å². The van der Waals surface area contributed by atoms with Crippen molar-refractivity contribution in [2.75, 3.05) is 13.6 Å². The molecule has 0 fully saturated rings. The van der Waals surface area contributed by atoms with Crippen molar-refractivity contribution in [1.82, 2.24) is 14.8 Å². The van der Waals surface area contributed by atoms with Crippen LogP contribution in [-0.2, 0) is 30.7 Å². The van der Waals surface area contributed by atoms with Gasteiger partial charge in [-0.1, -0.05) is 31.2 Å². The maximum atomic E-state index is 12.9. The summed E-state index contributed by atoms with van der Waals surface area (Å²) in [6.07, 6.45) is 3.91. The third-order valence-corrected chi connectivity index (χ3v) is 5.92. The molecular formula is C19H25N3OS. The molecule has 2 aromatic rings. The van der Waals surface area contributed by atoms with Crippen LogP contribution in [0.4, 0.5) is 0 Å². The number of likely N-dealkylation sites (N-methyl/N-ethyl adjacent to an activating group) is 1. The number of carbonyl (C=O) groups excluding carboxylic acids is 1. The Labute approximate surface area is 148 Å². The number of fused-ring (bicyclic) bond motifs is 1. The Hall–Kier alpha value is -1.72. The second-order valence-electron chi connectivity index (χ2n) is 6.44. The molecule has 1 aliphatic heterocycles. The molecule has 0 radical (unpaired) electrons. The second-order valence-corrected chi connectivity index (χ2v) is 7.64. The van der Waals surface area contributed by atoms with Gasteiger partial charge in [-0.25, -0.2) is 4.98 Å². The third kappa shape index (κ3) is 3.68. The summed E-state index contributed by atoms with van der Waals surface area (Å²) < 4.78 is 0. The van der Waals surface area contributed by atoms with Crippen LogP contribution in [0.1, 0.15) is 34.9 Å². The number of amides is 1. The van der Waals surface area contributed by atoms with Crippen molar-refractivity contribution in [3.05, 3.63) is 51.5 Å². The van der Waals surface area contributed by atoms with Crippen LogP contribution in [0.3, 0.4) is 0 Å². The maximum absolute atomic E-state index is 12.9. The van der Waals surface area contributed by atoms with E-state index in [-0.39, 0.29) is 11.9 Å². The first-order valence-electron chi connectivity index (χ1n) is 8.58. The molecule has 1 aromatic carbocycles. The van der Waals surface area contributed by atoms with E-state index in [0.29, 0.717) is 0 Å². The van der Waals surface area contributed by atoms with E-state index in [0.717, 1.165) is 37.5 Å². The van der Waals surface area contributed by atoms with E-state index < -0.39 is 0 Å². The highest BCUT2D eigenvalue weighted by Crippen LogP contribution is 2.21. The number of thiazole rings is 1. The van der Waals surface area contributed by atoms with Gasteiger partial charge >= 0.3 is 0 Å². The lowest BCUT2D eigenvalue weighted by Gasteiger charge is -2.33. The van der Waals surface area contributed by atoms with Crippen molar-refractivity contribution in [1.29, 1.82) is 0 Å². The molecule has 5 heteroatoms. The summed E-state index contributed by atoms with van der Waals surface area (Å²) in [4.78, 5) is 22.7. The maximum Gasteiger partial charge on any atom is 0.239 e. The van der Waals surface area contributed by atoms with E-state index in [1.165, 1.54) is 16.0 Å². The number of nitrogens with zero attached hydrogens (tertiary/aromatic N) is 3. The van der Waals surface area contributed by atoms with Gasteiger partial charge in [0.25, 0.3) is 0 Å². The zero-order valence-corrected chi connectivity index (χ0v) is 15.5. The van der Waals surface area contributed by atoms with E-state index in [4.69, 9.17) is 0 Å². The Bertz CT molecular complexity index is 712. The molecule has 1 aliphatic rings. The molecule has 1 aromatic heterocycles. The molecular weight excluding hydrogens is 318 g/mol. The van der Waals surface area contributed by atoms with Gasteiger partial charge in [-0.05, 0) is 37.9 Å². The van der Waals surface area contributed by atoms with Gasteiger partial charge in [-0.2, -0.15) is 0 Å². The summed E-state index contributed by atoms with van der Waals surface area (Å²) in [5.41, 5.74) is 2.65. The number of hydrogen-bond donors (Lipinski definition) is 0. The number of aromatic nitrogens is 1. The van der Waals surface area contributed by atoms with E-state index in [2.05, 4.69) is 41.1 Å². The Morgan fingerprint density at radius 2 is 2.12 bits per heavy atom. The first kappa shape index (κ1) is 17.1. The van der Waals surface area contributed by atoms with Crippen LogP contribution in [-0.4, -0.2) is 40.3 Å². The number of carbonyl (C=O) groups is 1. The minimum Gasteiger partial charge on any atom is -0.337 e. The van der Waals surface area contributed by atoms with Crippen LogP contribution in [0.15, 0.2) is 30.5 Å². The standard InChI is InChI=1S/C19H25N3OS/c1-4-17-11-20-18(24-17)13-21(3)14(2)19(23)22-10-9-15-7-5-6-8-16(15)12-22/h5-8,11,14H,4,9-10,12-13H2,1-3H3/t14-/m0/s1. The molecule has 0 bridgehead atoms. The monoisotopic (exact) mass is 343 g/mol. The van der Waals surface area contributed by atoms with Gasteiger partial charge in [0.05, 0.1) is 12.6 Å². The van der Waals surface area contributed by atoms with Crippen molar-refractivity contribution in [3.63, 3.8) is 0 Å². The lowest BCUT2D eigenvalue weighted by molar-refractivity contribution is -0.137. The smallest absolute Gasteiger partial charge is 0.239 e. The predicted octanol–water partition coefficient (Wildman–Crippen LogP) is 3.11. The molecule has 0 saturated carbocycles. The first-order valence-corrected chi connectivity index (χ1v) is 9.39. The minimum absolute atomic E-state index is 0.135. The lowest BCUT2D eigenvalue weighted by Crippen LogP contribution is -2.47. The molecule has 24 heavy (non-hydrogen) atoms. The molecule has 0 aliphatic carbocycles. The average Bonchev–Trinajstić information content (AvgIpc) is 3.07. The largest absolute Gasteiger partial charge is 0.337 e. The SMILES string of the molecule is CCc1cnc(CN(C)[C@@H](C)C(=O)N2CCc3ccccc3C2)s1. The van der Waals surface area contributed by atoms with Crippen molar-refractivity contribution >= 4 is 17.2 Å². The van der Waals surface area contributed by atoms with Crippen LogP contribution in [0, 0.1) is 0 Å². The van der Waals surface area contributed by atoms with Gasteiger partial charge < -0.3 is 4.90 Å². The second kappa shape index (κ2) is 7.45. The topological polar surface area (TPSA) is 36.4 Å². The molecule has 0 N–H and O–H groups in total. The van der Waals surface area contributed by atoms with Crippen molar-refractivity contribution in [2.24, 2.45) is 0 Å². The Balaban J connectivity index is 1.62. The number of benzene rings is 1. The summed E-state index contributed by atoms with van der Waals surface area (Å²) in [5, 5.41) is 1.08. The molecule has 0 spiro atoms. The summed E-state index contributed by atoms with van der Waals surface area (Å²) in [7, 11) is 2.01. The van der Waals surface area contributed by atoms with Crippen molar-refractivity contribution in [3.8, 4) is 0 Å². The fourth-order valence-electron chi connectivity index (χ4n) is 3.07. The van der Waals surface area contributed by atoms with Gasteiger partial charge in [0, 0.05) is 24.2 Å². The van der Waals surface area contributed by atoms with E-state index in [1.807, 2.05) is 25.1 Å². The summed E-state index contributed by atoms with van der Waals surface area (Å²) in [6.45, 7) is 6.40. The highest BCUT2D eigenvalue weighted by Gasteiger charge is 2.27. The summed E-state index contributed by atoms with van der Waals surface area (Å²) in [5.74, 6) is 0.208. The molecule has 2 heterocycles. The van der Waals surface area contributed by atoms with Crippen molar-refractivity contribution in [2.45, 2.75) is 45.8 Å². The van der Waals surface area contributed by atoms with Crippen LogP contribution >= 0.6 is 11.3 Å². The molecule has 1 amide bonds. The Morgan fingerprint density at radius 3 is 2.83 bits per heavy atom. The Kier molecular flexibility index (Phi) is 5.31. The zero-order chi connectivity index (χ0) is 17.1. The normalized spacial score (nSPS) is 15.4. The molecule has 4 nitrogen and oxygen atoms in total. The number of rotatable bonds is 5. The van der Waals surface area contributed by atoms with Gasteiger partial charge in [-0.15, -0.1) is 11.3 Å². The van der Waals surface area contributed by atoms with Gasteiger partial charge in [0.2, 0.25) is 5.91 Å². The number of aryl methyl sites for hydroxylation is 1. The van der Waals surface area contributed by atoms with E-state index >= 15 is 0 Å². The summed E-state index contributed by atoms with van der Waals surface area (Å²) in [6, 6.07) is 8.29. The van der Waals surface area contributed by atoms with Crippen LogP contribution in [0.2, 0.25) is 0 Å². The number of hydrogen-bond acceptors (Lipinski definition) is 4. The molecule has 0 unspecified atom stereocenters. The highest BCUT2D eigenvalue weighted by atomic mass is 32.1. The minimum atomic E-state index is -0.135. The summed E-state index contributed by atoms with van der Waals surface area (Å²) >= 11 is 1.74.